The van der Waals surface area contributed by atoms with Crippen molar-refractivity contribution in [2.45, 2.75) is 118 Å². The number of rotatable bonds is 15. The van der Waals surface area contributed by atoms with Crippen LogP contribution in [0.4, 0.5) is 0 Å². The molecule has 134 valence electrons. The highest BCUT2D eigenvalue weighted by Gasteiger charge is 2.07. The van der Waals surface area contributed by atoms with Gasteiger partial charge >= 0.3 is 0 Å². The molecule has 0 bridgehead atoms. The van der Waals surface area contributed by atoms with Crippen molar-refractivity contribution in [1.29, 1.82) is 0 Å². The van der Waals surface area contributed by atoms with E-state index in [9.17, 15) is 0 Å². The van der Waals surface area contributed by atoms with Gasteiger partial charge in [-0.3, -0.25) is 0 Å². The van der Waals surface area contributed by atoms with Gasteiger partial charge in [0.25, 0.3) is 0 Å². The zero-order valence-electron chi connectivity index (χ0n) is 16.4. The van der Waals surface area contributed by atoms with Crippen molar-refractivity contribution in [2.24, 2.45) is 23.5 Å². The number of unbranched alkanes of at least 4 members (excludes halogenated alkanes) is 7. The largest absolute Gasteiger partial charge is 0.328 e. The molecule has 0 heterocycles. The second-order valence-electron chi connectivity index (χ2n) is 8.10. The van der Waals surface area contributed by atoms with Crippen molar-refractivity contribution in [2.75, 3.05) is 0 Å². The van der Waals surface area contributed by atoms with E-state index in [0.29, 0.717) is 12.0 Å². The predicted molar refractivity (Wildman–Crippen MR) is 102 cm³/mol. The molecule has 0 radical (unpaired) electrons. The van der Waals surface area contributed by atoms with Gasteiger partial charge in [-0.2, -0.15) is 0 Å². The van der Waals surface area contributed by atoms with Gasteiger partial charge < -0.3 is 5.73 Å². The molecule has 0 saturated carbocycles. The Kier molecular flexibility index (Phi) is 14.5. The van der Waals surface area contributed by atoms with Crippen molar-refractivity contribution in [3.05, 3.63) is 0 Å². The summed E-state index contributed by atoms with van der Waals surface area (Å²) in [6.07, 6.45) is 17.0. The first-order chi connectivity index (χ1) is 10.5. The number of hydrogen-bond donors (Lipinski definition) is 1. The second-order valence-corrected chi connectivity index (χ2v) is 8.10. The molecule has 4 atom stereocenters. The van der Waals surface area contributed by atoms with Crippen LogP contribution < -0.4 is 5.73 Å². The summed E-state index contributed by atoms with van der Waals surface area (Å²) in [7, 11) is 0. The summed E-state index contributed by atoms with van der Waals surface area (Å²) in [4.78, 5) is 0. The maximum absolute atomic E-state index is 5.90. The van der Waals surface area contributed by atoms with Gasteiger partial charge in [0.1, 0.15) is 0 Å². The van der Waals surface area contributed by atoms with Crippen LogP contribution in [0.3, 0.4) is 0 Å². The Morgan fingerprint density at radius 2 is 1.09 bits per heavy atom. The van der Waals surface area contributed by atoms with Gasteiger partial charge in [-0.05, 0) is 37.5 Å². The normalized spacial score (nSPS) is 17.2. The van der Waals surface area contributed by atoms with Gasteiger partial charge in [0.05, 0.1) is 0 Å². The van der Waals surface area contributed by atoms with Crippen LogP contribution in [-0.4, -0.2) is 6.04 Å². The van der Waals surface area contributed by atoms with Gasteiger partial charge in [0, 0.05) is 6.04 Å². The summed E-state index contributed by atoms with van der Waals surface area (Å²) >= 11 is 0. The number of nitrogens with two attached hydrogens (primary N) is 1. The van der Waals surface area contributed by atoms with E-state index in [4.69, 9.17) is 5.73 Å². The molecule has 0 aliphatic rings. The van der Waals surface area contributed by atoms with Crippen LogP contribution >= 0.6 is 0 Å². The van der Waals surface area contributed by atoms with Gasteiger partial charge in [-0.1, -0.05) is 91.9 Å². The van der Waals surface area contributed by atoms with Crippen molar-refractivity contribution < 1.29 is 0 Å². The Bertz CT molecular complexity index is 224. The van der Waals surface area contributed by atoms with Crippen LogP contribution in [0.1, 0.15) is 112 Å². The molecule has 0 fully saturated rings. The highest BCUT2D eigenvalue weighted by atomic mass is 14.6. The lowest BCUT2D eigenvalue weighted by molar-refractivity contribution is 0.373. The zero-order valence-corrected chi connectivity index (χ0v) is 16.4. The predicted octanol–water partition coefficient (Wildman–Crippen LogP) is 6.94. The Morgan fingerprint density at radius 3 is 1.55 bits per heavy atom. The van der Waals surface area contributed by atoms with E-state index in [1.54, 1.807) is 0 Å². The van der Waals surface area contributed by atoms with Crippen molar-refractivity contribution in [3.63, 3.8) is 0 Å². The van der Waals surface area contributed by atoms with Crippen molar-refractivity contribution in [1.82, 2.24) is 0 Å². The first-order valence-electron chi connectivity index (χ1n) is 10.2. The molecule has 1 heteroatoms. The molecule has 0 aliphatic carbocycles. The molecule has 2 N–H and O–H groups in total. The zero-order chi connectivity index (χ0) is 16.8. The van der Waals surface area contributed by atoms with Crippen LogP contribution in [0.15, 0.2) is 0 Å². The van der Waals surface area contributed by atoms with Crippen LogP contribution in [0, 0.1) is 17.8 Å². The summed E-state index contributed by atoms with van der Waals surface area (Å²) in [6.45, 7) is 11.6. The maximum atomic E-state index is 5.90. The average molecular weight is 312 g/mol. The van der Waals surface area contributed by atoms with E-state index >= 15 is 0 Å². The minimum absolute atomic E-state index is 0.364. The third-order valence-electron chi connectivity index (χ3n) is 5.51. The molecule has 0 aromatic carbocycles. The standard InChI is InChI=1S/C21H45N/c1-6-18(2)17-19(3)15-13-11-9-7-8-10-12-14-16-20(4)21(5)22/h18-21H,6-17,22H2,1-5H3. The molecule has 0 spiro atoms. The van der Waals surface area contributed by atoms with E-state index < -0.39 is 0 Å². The SMILES string of the molecule is CCC(C)CC(C)CCCCCCCCCCC(C)C(C)N. The minimum atomic E-state index is 0.364. The van der Waals surface area contributed by atoms with Crippen molar-refractivity contribution in [3.8, 4) is 0 Å². The van der Waals surface area contributed by atoms with E-state index in [1.165, 1.54) is 77.0 Å². The first-order valence-corrected chi connectivity index (χ1v) is 10.2. The Balaban J connectivity index is 3.24. The summed E-state index contributed by atoms with van der Waals surface area (Å²) in [6, 6.07) is 0.364. The molecule has 0 aliphatic heterocycles. The minimum Gasteiger partial charge on any atom is -0.328 e. The first kappa shape index (κ1) is 22.0. The smallest absolute Gasteiger partial charge is 0.00361 e. The van der Waals surface area contributed by atoms with E-state index in [2.05, 4.69) is 34.6 Å². The van der Waals surface area contributed by atoms with Crippen LogP contribution in [-0.2, 0) is 0 Å². The van der Waals surface area contributed by atoms with Crippen LogP contribution in [0.2, 0.25) is 0 Å². The summed E-state index contributed by atoms with van der Waals surface area (Å²) in [5.41, 5.74) is 5.90. The second kappa shape index (κ2) is 14.5. The quantitative estimate of drug-likeness (QED) is 0.325. The highest BCUT2D eigenvalue weighted by Crippen LogP contribution is 2.21. The Labute approximate surface area is 141 Å². The highest BCUT2D eigenvalue weighted by molar-refractivity contribution is 4.63. The van der Waals surface area contributed by atoms with Gasteiger partial charge in [0.15, 0.2) is 0 Å². The molecule has 0 aromatic rings. The molecular weight excluding hydrogens is 266 g/mol. The fraction of sp³-hybridized carbons (Fsp3) is 1.00. The van der Waals surface area contributed by atoms with Gasteiger partial charge in [-0.25, -0.2) is 0 Å². The van der Waals surface area contributed by atoms with Crippen LogP contribution in [0.25, 0.3) is 0 Å². The molecule has 4 unspecified atom stereocenters. The van der Waals surface area contributed by atoms with Crippen LogP contribution in [0.5, 0.6) is 0 Å². The van der Waals surface area contributed by atoms with Gasteiger partial charge in [-0.15, -0.1) is 0 Å². The Hall–Kier alpha value is -0.0400. The topological polar surface area (TPSA) is 26.0 Å². The van der Waals surface area contributed by atoms with Crippen molar-refractivity contribution >= 4 is 0 Å². The molecule has 0 amide bonds. The fourth-order valence-electron chi connectivity index (χ4n) is 3.25. The summed E-state index contributed by atoms with van der Waals surface area (Å²) in [5.74, 6) is 2.54. The van der Waals surface area contributed by atoms with E-state index in [0.717, 1.165) is 11.8 Å². The number of hydrogen-bond acceptors (Lipinski definition) is 1. The Morgan fingerprint density at radius 1 is 0.636 bits per heavy atom. The fourth-order valence-corrected chi connectivity index (χ4v) is 3.25. The third kappa shape index (κ3) is 13.6. The average Bonchev–Trinajstić information content (AvgIpc) is 2.48. The van der Waals surface area contributed by atoms with E-state index in [1.807, 2.05) is 0 Å². The molecule has 0 saturated heterocycles. The monoisotopic (exact) mass is 311 g/mol. The molecule has 22 heavy (non-hydrogen) atoms. The summed E-state index contributed by atoms with van der Waals surface area (Å²) in [5, 5.41) is 0. The lowest BCUT2D eigenvalue weighted by atomic mass is 9.91. The lowest BCUT2D eigenvalue weighted by Gasteiger charge is -2.15. The molecule has 0 aromatic heterocycles. The molecule has 1 nitrogen and oxygen atoms in total. The molecular formula is C21H45N. The molecule has 0 rings (SSSR count). The lowest BCUT2D eigenvalue weighted by Crippen LogP contribution is -2.23. The maximum Gasteiger partial charge on any atom is 0.00361 e. The van der Waals surface area contributed by atoms with Gasteiger partial charge in [0.2, 0.25) is 0 Å². The third-order valence-corrected chi connectivity index (χ3v) is 5.51. The summed E-state index contributed by atoms with van der Waals surface area (Å²) < 4.78 is 0. The van der Waals surface area contributed by atoms with E-state index in [-0.39, 0.29) is 0 Å².